The normalized spacial score (nSPS) is 18.3. The first-order valence-electron chi connectivity index (χ1n) is 8.46. The highest BCUT2D eigenvalue weighted by atomic mass is 32.1. The zero-order valence-electron chi connectivity index (χ0n) is 14.6. The Hall–Kier alpha value is -2.67. The molecule has 2 unspecified atom stereocenters. The summed E-state index contributed by atoms with van der Waals surface area (Å²) in [7, 11) is 1.64. The van der Waals surface area contributed by atoms with E-state index >= 15 is 0 Å². The molecule has 1 aromatic carbocycles. The molecular weight excluding hydrogens is 350 g/mol. The summed E-state index contributed by atoms with van der Waals surface area (Å²) in [6.07, 6.45) is 0.407. The maximum atomic E-state index is 12.5. The van der Waals surface area contributed by atoms with Crippen LogP contribution in [0.1, 0.15) is 36.7 Å². The number of likely N-dealkylation sites (tertiary alicyclic amines) is 1. The van der Waals surface area contributed by atoms with Crippen LogP contribution >= 0.6 is 11.3 Å². The van der Waals surface area contributed by atoms with Crippen molar-refractivity contribution in [2.24, 2.45) is 0 Å². The fourth-order valence-electron chi connectivity index (χ4n) is 3.24. The lowest BCUT2D eigenvalue weighted by molar-refractivity contribution is -0.129. The number of benzene rings is 1. The van der Waals surface area contributed by atoms with Crippen LogP contribution in [-0.4, -0.2) is 34.6 Å². The standard InChI is InChI=1S/C19H19N3O3S/c1-12(13-5-7-15(24-2)8-6-13)22-11-14(10-17(22)23)18-20-19(25-21-18)16-4-3-9-26-16/h3-9,12,14H,10-11H2,1-2H3. The summed E-state index contributed by atoms with van der Waals surface area (Å²) in [6, 6.07) is 11.7. The van der Waals surface area contributed by atoms with E-state index in [9.17, 15) is 4.79 Å². The molecule has 4 rings (SSSR count). The molecule has 1 amide bonds. The number of hydrogen-bond donors (Lipinski definition) is 0. The number of amides is 1. The van der Waals surface area contributed by atoms with Gasteiger partial charge in [0.25, 0.3) is 5.89 Å². The van der Waals surface area contributed by atoms with Gasteiger partial charge in [-0.05, 0) is 36.1 Å². The number of rotatable bonds is 5. The molecule has 1 fully saturated rings. The molecule has 3 aromatic rings. The quantitative estimate of drug-likeness (QED) is 0.683. The first-order valence-corrected chi connectivity index (χ1v) is 9.34. The SMILES string of the molecule is COc1ccc(C(C)N2CC(c3noc(-c4cccs4)n3)CC2=O)cc1. The summed E-state index contributed by atoms with van der Waals surface area (Å²) < 4.78 is 10.6. The van der Waals surface area contributed by atoms with E-state index in [1.165, 1.54) is 0 Å². The van der Waals surface area contributed by atoms with Crippen molar-refractivity contribution in [2.75, 3.05) is 13.7 Å². The number of ether oxygens (including phenoxy) is 1. The van der Waals surface area contributed by atoms with Crippen molar-refractivity contribution in [2.45, 2.75) is 25.3 Å². The van der Waals surface area contributed by atoms with Crippen LogP contribution < -0.4 is 4.74 Å². The van der Waals surface area contributed by atoms with Crippen molar-refractivity contribution in [3.8, 4) is 16.5 Å². The van der Waals surface area contributed by atoms with Crippen LogP contribution in [0.25, 0.3) is 10.8 Å². The van der Waals surface area contributed by atoms with Gasteiger partial charge in [0.1, 0.15) is 5.75 Å². The Labute approximate surface area is 155 Å². The third-order valence-electron chi connectivity index (χ3n) is 4.76. The van der Waals surface area contributed by atoms with Crippen molar-refractivity contribution in [1.82, 2.24) is 15.0 Å². The molecule has 0 radical (unpaired) electrons. The first-order chi connectivity index (χ1) is 12.7. The van der Waals surface area contributed by atoms with Gasteiger partial charge in [0.15, 0.2) is 5.82 Å². The zero-order valence-corrected chi connectivity index (χ0v) is 15.4. The van der Waals surface area contributed by atoms with Crippen molar-refractivity contribution in [3.05, 3.63) is 53.2 Å². The number of nitrogens with zero attached hydrogens (tertiary/aromatic N) is 3. The Balaban J connectivity index is 1.49. The fraction of sp³-hybridized carbons (Fsp3) is 0.316. The minimum absolute atomic E-state index is 0.0120. The number of aromatic nitrogens is 2. The average molecular weight is 369 g/mol. The molecule has 1 aliphatic rings. The van der Waals surface area contributed by atoms with E-state index < -0.39 is 0 Å². The van der Waals surface area contributed by atoms with Gasteiger partial charge in [-0.15, -0.1) is 11.3 Å². The number of methoxy groups -OCH3 is 1. The number of carbonyl (C=O) groups excluding carboxylic acids is 1. The van der Waals surface area contributed by atoms with Gasteiger partial charge in [0, 0.05) is 18.9 Å². The minimum atomic E-state index is -0.0411. The molecule has 2 atom stereocenters. The Kier molecular flexibility index (Phi) is 4.46. The minimum Gasteiger partial charge on any atom is -0.497 e. The van der Waals surface area contributed by atoms with Crippen LogP contribution in [0.5, 0.6) is 5.75 Å². The summed E-state index contributed by atoms with van der Waals surface area (Å²) >= 11 is 1.55. The predicted molar refractivity (Wildman–Crippen MR) is 98.1 cm³/mol. The van der Waals surface area contributed by atoms with Gasteiger partial charge in [0.2, 0.25) is 5.91 Å². The van der Waals surface area contributed by atoms with E-state index in [0.29, 0.717) is 24.7 Å². The summed E-state index contributed by atoms with van der Waals surface area (Å²) in [5.74, 6) is 2.00. The smallest absolute Gasteiger partial charge is 0.267 e. The second-order valence-electron chi connectivity index (χ2n) is 6.33. The third-order valence-corrected chi connectivity index (χ3v) is 5.62. The topological polar surface area (TPSA) is 68.5 Å². The van der Waals surface area contributed by atoms with Crippen LogP contribution in [0.15, 0.2) is 46.3 Å². The first kappa shape index (κ1) is 16.8. The highest BCUT2D eigenvalue weighted by Crippen LogP contribution is 2.34. The Bertz CT molecular complexity index is 889. The van der Waals surface area contributed by atoms with E-state index in [4.69, 9.17) is 9.26 Å². The highest BCUT2D eigenvalue weighted by Gasteiger charge is 2.36. The molecule has 6 nitrogen and oxygen atoms in total. The van der Waals surface area contributed by atoms with E-state index in [2.05, 4.69) is 10.1 Å². The van der Waals surface area contributed by atoms with Crippen LogP contribution in [0.3, 0.4) is 0 Å². The number of hydrogen-bond acceptors (Lipinski definition) is 6. The molecule has 1 aliphatic heterocycles. The largest absolute Gasteiger partial charge is 0.497 e. The van der Waals surface area contributed by atoms with Crippen LogP contribution in [0.2, 0.25) is 0 Å². The van der Waals surface area contributed by atoms with Gasteiger partial charge in [-0.2, -0.15) is 4.98 Å². The molecule has 26 heavy (non-hydrogen) atoms. The van der Waals surface area contributed by atoms with Crippen LogP contribution in [0.4, 0.5) is 0 Å². The molecule has 0 N–H and O–H groups in total. The van der Waals surface area contributed by atoms with E-state index in [0.717, 1.165) is 16.2 Å². The average Bonchev–Trinajstić information content (AvgIpc) is 3.41. The highest BCUT2D eigenvalue weighted by molar-refractivity contribution is 7.13. The van der Waals surface area contributed by atoms with Gasteiger partial charge < -0.3 is 14.2 Å². The van der Waals surface area contributed by atoms with Crippen molar-refractivity contribution in [3.63, 3.8) is 0 Å². The molecule has 0 bridgehead atoms. The molecule has 7 heteroatoms. The molecule has 1 saturated heterocycles. The van der Waals surface area contributed by atoms with Crippen LogP contribution in [0, 0.1) is 0 Å². The summed E-state index contributed by atoms with van der Waals surface area (Å²) in [6.45, 7) is 2.63. The van der Waals surface area contributed by atoms with Gasteiger partial charge in [-0.25, -0.2) is 0 Å². The maximum absolute atomic E-state index is 12.5. The number of thiophene rings is 1. The molecule has 3 heterocycles. The van der Waals surface area contributed by atoms with Crippen molar-refractivity contribution < 1.29 is 14.1 Å². The Morgan fingerprint density at radius 2 is 2.12 bits per heavy atom. The van der Waals surface area contributed by atoms with Crippen molar-refractivity contribution >= 4 is 17.2 Å². The molecule has 134 valence electrons. The maximum Gasteiger partial charge on any atom is 0.267 e. The predicted octanol–water partition coefficient (Wildman–Crippen LogP) is 3.88. The van der Waals surface area contributed by atoms with Crippen LogP contribution in [-0.2, 0) is 4.79 Å². The molecular formula is C19H19N3O3S. The lowest BCUT2D eigenvalue weighted by Crippen LogP contribution is -2.28. The summed E-state index contributed by atoms with van der Waals surface area (Å²) in [5, 5.41) is 6.07. The zero-order chi connectivity index (χ0) is 18.1. The summed E-state index contributed by atoms with van der Waals surface area (Å²) in [5.41, 5.74) is 1.08. The van der Waals surface area contributed by atoms with Gasteiger partial charge >= 0.3 is 0 Å². The second kappa shape index (κ2) is 6.92. The van der Waals surface area contributed by atoms with Gasteiger partial charge in [-0.3, -0.25) is 4.79 Å². The lowest BCUT2D eigenvalue weighted by Gasteiger charge is -2.25. The Morgan fingerprint density at radius 1 is 1.31 bits per heavy atom. The lowest BCUT2D eigenvalue weighted by atomic mass is 10.1. The molecule has 2 aromatic heterocycles. The van der Waals surface area contributed by atoms with Gasteiger partial charge in [-0.1, -0.05) is 23.4 Å². The van der Waals surface area contributed by atoms with E-state index in [1.54, 1.807) is 18.4 Å². The fourth-order valence-corrected chi connectivity index (χ4v) is 3.89. The molecule has 0 spiro atoms. The monoisotopic (exact) mass is 369 g/mol. The Morgan fingerprint density at radius 3 is 2.81 bits per heavy atom. The molecule has 0 aliphatic carbocycles. The third kappa shape index (κ3) is 3.10. The van der Waals surface area contributed by atoms with E-state index in [1.807, 2.05) is 53.6 Å². The van der Waals surface area contributed by atoms with E-state index in [-0.39, 0.29) is 17.9 Å². The molecule has 0 saturated carbocycles. The number of carbonyl (C=O) groups is 1. The second-order valence-corrected chi connectivity index (χ2v) is 7.28. The summed E-state index contributed by atoms with van der Waals surface area (Å²) in [4.78, 5) is 19.9. The van der Waals surface area contributed by atoms with Gasteiger partial charge in [0.05, 0.1) is 18.0 Å². The van der Waals surface area contributed by atoms with Crippen molar-refractivity contribution in [1.29, 1.82) is 0 Å².